The van der Waals surface area contributed by atoms with Crippen LogP contribution in [0.1, 0.15) is 11.1 Å². The lowest BCUT2D eigenvalue weighted by atomic mass is 9.78. The molecule has 0 spiro atoms. The van der Waals surface area contributed by atoms with Crippen molar-refractivity contribution < 1.29 is 4.39 Å². The average molecular weight is 411 g/mol. The molecule has 0 nitrogen and oxygen atoms in total. The molecule has 2 rings (SSSR count). The van der Waals surface area contributed by atoms with E-state index in [1.807, 2.05) is 24.3 Å². The first kappa shape index (κ1) is 17.1. The molecule has 0 aromatic heterocycles. The molecule has 0 bridgehead atoms. The van der Waals surface area contributed by atoms with E-state index in [0.717, 1.165) is 10.0 Å². The summed E-state index contributed by atoms with van der Waals surface area (Å²) in [4.78, 5) is 0. The summed E-state index contributed by atoms with van der Waals surface area (Å²) < 4.78 is 14.6. The van der Waals surface area contributed by atoms with E-state index in [2.05, 4.69) is 15.9 Å². The first-order chi connectivity index (χ1) is 10.0. The van der Waals surface area contributed by atoms with E-state index in [9.17, 15) is 4.39 Å². The Labute approximate surface area is 147 Å². The summed E-state index contributed by atoms with van der Waals surface area (Å²) in [6.07, 6.45) is 0.479. The van der Waals surface area contributed by atoms with E-state index in [1.54, 1.807) is 12.1 Å². The zero-order valence-corrected chi connectivity index (χ0v) is 14.9. The Kier molecular flexibility index (Phi) is 5.96. The Morgan fingerprint density at radius 2 is 1.71 bits per heavy atom. The molecule has 2 aromatic carbocycles. The third kappa shape index (κ3) is 3.73. The fourth-order valence-corrected chi connectivity index (χ4v) is 3.63. The number of hydrogen-bond donors (Lipinski definition) is 0. The summed E-state index contributed by atoms with van der Waals surface area (Å²) in [5.74, 6) is 0.209. The molecule has 0 aliphatic heterocycles. The Balaban J connectivity index is 2.45. The van der Waals surface area contributed by atoms with Gasteiger partial charge in [-0.05, 0) is 35.7 Å². The second-order valence-electron chi connectivity index (χ2n) is 4.95. The van der Waals surface area contributed by atoms with Gasteiger partial charge >= 0.3 is 0 Å². The van der Waals surface area contributed by atoms with Crippen molar-refractivity contribution in [2.24, 2.45) is 0 Å². The van der Waals surface area contributed by atoms with Gasteiger partial charge in [-0.1, -0.05) is 51.8 Å². The predicted octanol–water partition coefficient (Wildman–Crippen LogP) is 6.20. The number of rotatable bonds is 5. The van der Waals surface area contributed by atoms with Gasteiger partial charge in [0.25, 0.3) is 0 Å². The van der Waals surface area contributed by atoms with Crippen molar-refractivity contribution >= 4 is 50.7 Å². The van der Waals surface area contributed by atoms with Gasteiger partial charge in [0.15, 0.2) is 0 Å². The highest BCUT2D eigenvalue weighted by Crippen LogP contribution is 2.35. The normalized spacial score (nSPS) is 11.7. The van der Waals surface area contributed by atoms with E-state index >= 15 is 0 Å². The first-order valence-corrected chi connectivity index (χ1v) is 8.57. The molecule has 0 atom stereocenters. The van der Waals surface area contributed by atoms with Gasteiger partial charge in [-0.25, -0.2) is 4.39 Å². The SMILES string of the molecule is Fc1cccc(CC(CCl)(CCl)c2cccc(Br)c2)c1Cl. The van der Waals surface area contributed by atoms with Gasteiger partial charge in [0.1, 0.15) is 5.82 Å². The minimum atomic E-state index is -0.496. The summed E-state index contributed by atoms with van der Waals surface area (Å²) in [5, 5.41) is 0.132. The zero-order chi connectivity index (χ0) is 15.5. The lowest BCUT2D eigenvalue weighted by Crippen LogP contribution is -2.33. The minimum absolute atomic E-state index is 0.132. The topological polar surface area (TPSA) is 0 Å². The summed E-state index contributed by atoms with van der Waals surface area (Å²) in [6, 6.07) is 12.6. The monoisotopic (exact) mass is 408 g/mol. The fourth-order valence-electron chi connectivity index (χ4n) is 2.25. The van der Waals surface area contributed by atoms with E-state index in [-0.39, 0.29) is 5.02 Å². The third-order valence-corrected chi connectivity index (χ3v) is 5.45. The molecule has 0 radical (unpaired) electrons. The molecule has 112 valence electrons. The number of benzene rings is 2. The second kappa shape index (κ2) is 7.32. The molecule has 0 saturated heterocycles. The van der Waals surface area contributed by atoms with Crippen molar-refractivity contribution in [1.29, 1.82) is 0 Å². The van der Waals surface area contributed by atoms with Crippen LogP contribution in [0.4, 0.5) is 4.39 Å². The molecule has 0 heterocycles. The van der Waals surface area contributed by atoms with Gasteiger partial charge in [0.2, 0.25) is 0 Å². The van der Waals surface area contributed by atoms with E-state index < -0.39 is 11.2 Å². The maximum absolute atomic E-state index is 13.6. The van der Waals surface area contributed by atoms with E-state index in [4.69, 9.17) is 34.8 Å². The lowest BCUT2D eigenvalue weighted by molar-refractivity contribution is 0.533. The largest absolute Gasteiger partial charge is 0.205 e. The molecule has 0 aliphatic carbocycles. The van der Waals surface area contributed by atoms with Crippen LogP contribution < -0.4 is 0 Å². The van der Waals surface area contributed by atoms with Crippen molar-refractivity contribution in [3.8, 4) is 0 Å². The van der Waals surface area contributed by atoms with Crippen LogP contribution in [-0.4, -0.2) is 11.8 Å². The highest BCUT2D eigenvalue weighted by Gasteiger charge is 2.32. The minimum Gasteiger partial charge on any atom is -0.205 e. The van der Waals surface area contributed by atoms with Crippen molar-refractivity contribution in [3.63, 3.8) is 0 Å². The van der Waals surface area contributed by atoms with Crippen molar-refractivity contribution in [1.82, 2.24) is 0 Å². The van der Waals surface area contributed by atoms with E-state index in [1.165, 1.54) is 6.07 Å². The van der Waals surface area contributed by atoms with Gasteiger partial charge in [0.05, 0.1) is 5.02 Å². The zero-order valence-electron chi connectivity index (χ0n) is 11.1. The van der Waals surface area contributed by atoms with Crippen LogP contribution >= 0.6 is 50.7 Å². The molecule has 0 aliphatic rings. The predicted molar refractivity (Wildman–Crippen MR) is 92.4 cm³/mol. The van der Waals surface area contributed by atoms with Crippen LogP contribution in [0, 0.1) is 5.82 Å². The Morgan fingerprint density at radius 3 is 2.33 bits per heavy atom. The smallest absolute Gasteiger partial charge is 0.142 e. The average Bonchev–Trinajstić information content (AvgIpc) is 2.49. The Hall–Kier alpha value is -0.280. The molecular formula is C16H13BrCl3F. The van der Waals surface area contributed by atoms with Gasteiger partial charge in [-0.3, -0.25) is 0 Å². The summed E-state index contributed by atoms with van der Waals surface area (Å²) in [6.45, 7) is 0. The fraction of sp³-hybridized carbons (Fsp3) is 0.250. The molecule has 0 amide bonds. The van der Waals surface area contributed by atoms with E-state index in [0.29, 0.717) is 23.7 Å². The van der Waals surface area contributed by atoms with Gasteiger partial charge < -0.3 is 0 Å². The molecule has 21 heavy (non-hydrogen) atoms. The molecule has 2 aromatic rings. The van der Waals surface area contributed by atoms with Gasteiger partial charge in [-0.2, -0.15) is 0 Å². The van der Waals surface area contributed by atoms with Crippen molar-refractivity contribution in [2.75, 3.05) is 11.8 Å². The van der Waals surface area contributed by atoms with Gasteiger partial charge in [-0.15, -0.1) is 23.2 Å². The lowest BCUT2D eigenvalue weighted by Gasteiger charge is -2.31. The van der Waals surface area contributed by atoms with Gasteiger partial charge in [0, 0.05) is 21.6 Å². The summed E-state index contributed by atoms with van der Waals surface area (Å²) >= 11 is 21.9. The highest BCUT2D eigenvalue weighted by atomic mass is 79.9. The first-order valence-electron chi connectivity index (χ1n) is 6.33. The summed E-state index contributed by atoms with van der Waals surface area (Å²) in [5.41, 5.74) is 1.21. The second-order valence-corrected chi connectivity index (χ2v) is 6.78. The Bertz CT molecular complexity index is 627. The number of hydrogen-bond acceptors (Lipinski definition) is 0. The van der Waals surface area contributed by atoms with Crippen LogP contribution in [0.5, 0.6) is 0 Å². The number of halogens is 5. The van der Waals surface area contributed by atoms with Crippen LogP contribution in [0.25, 0.3) is 0 Å². The summed E-state index contributed by atoms with van der Waals surface area (Å²) in [7, 11) is 0. The maximum Gasteiger partial charge on any atom is 0.142 e. The van der Waals surface area contributed by atoms with Crippen molar-refractivity contribution in [2.45, 2.75) is 11.8 Å². The van der Waals surface area contributed by atoms with Crippen LogP contribution in [0.3, 0.4) is 0 Å². The molecule has 0 fully saturated rings. The molecule has 0 saturated carbocycles. The molecule has 0 N–H and O–H groups in total. The maximum atomic E-state index is 13.6. The molecule has 0 unspecified atom stereocenters. The number of alkyl halides is 2. The van der Waals surface area contributed by atoms with Crippen LogP contribution in [0.2, 0.25) is 5.02 Å². The third-order valence-electron chi connectivity index (χ3n) is 3.51. The van der Waals surface area contributed by atoms with Crippen LogP contribution in [0.15, 0.2) is 46.9 Å². The van der Waals surface area contributed by atoms with Crippen molar-refractivity contribution in [3.05, 3.63) is 68.9 Å². The standard InChI is InChI=1S/C16H13BrCl3F/c17-13-5-2-4-12(7-13)16(9-18,10-19)8-11-3-1-6-14(21)15(11)20/h1-7H,8-10H2. The quantitative estimate of drug-likeness (QED) is 0.515. The molecular weight excluding hydrogens is 397 g/mol. The Morgan fingerprint density at radius 1 is 1.05 bits per heavy atom. The highest BCUT2D eigenvalue weighted by molar-refractivity contribution is 9.10. The van der Waals surface area contributed by atoms with Crippen LogP contribution in [-0.2, 0) is 11.8 Å². The molecule has 5 heteroatoms.